The largest absolute Gasteiger partial charge is 0.442 e. The Morgan fingerprint density at radius 3 is 2.62 bits per heavy atom. The fourth-order valence-corrected chi connectivity index (χ4v) is 1.86. The zero-order valence-electron chi connectivity index (χ0n) is 9.17. The molecule has 0 spiro atoms. The molecule has 1 aromatic rings. The number of carbonyl (C=O) groups is 1. The van der Waals surface area contributed by atoms with Crippen LogP contribution in [0.1, 0.15) is 18.9 Å². The number of hydrogen-bond acceptors (Lipinski definition) is 3. The van der Waals surface area contributed by atoms with E-state index in [0.29, 0.717) is 5.06 Å². The van der Waals surface area contributed by atoms with E-state index < -0.39 is 6.09 Å². The van der Waals surface area contributed by atoms with E-state index in [1.54, 1.807) is 6.92 Å². The van der Waals surface area contributed by atoms with Gasteiger partial charge in [0.05, 0.1) is 6.04 Å². The molecule has 0 unspecified atom stereocenters. The van der Waals surface area contributed by atoms with E-state index in [1.807, 2.05) is 30.3 Å². The van der Waals surface area contributed by atoms with Crippen molar-refractivity contribution in [2.75, 3.05) is 0 Å². The molecular weight excluding hydrogens is 206 g/mol. The summed E-state index contributed by atoms with van der Waals surface area (Å²) in [7, 11) is 0. The third kappa shape index (κ3) is 2.17. The van der Waals surface area contributed by atoms with Gasteiger partial charge in [-0.15, -0.1) is 0 Å². The molecule has 1 aromatic carbocycles. The first-order valence-electron chi connectivity index (χ1n) is 5.41. The maximum Gasteiger partial charge on any atom is 0.434 e. The van der Waals surface area contributed by atoms with E-state index in [2.05, 4.69) is 0 Å². The second-order valence-corrected chi connectivity index (χ2v) is 4.03. The molecule has 0 bridgehead atoms. The first kappa shape index (κ1) is 11.0. The summed E-state index contributed by atoms with van der Waals surface area (Å²) in [6.07, 6.45) is 0.702. The molecule has 0 saturated carbocycles. The number of aryl methyl sites for hydroxylation is 1. The highest BCUT2D eigenvalue weighted by atomic mass is 16.7. The smallest absolute Gasteiger partial charge is 0.434 e. The Hall–Kier alpha value is -1.55. The molecule has 1 saturated heterocycles. The average Bonchev–Trinajstić information content (AvgIpc) is 2.56. The van der Waals surface area contributed by atoms with E-state index in [-0.39, 0.29) is 12.1 Å². The molecule has 4 nitrogen and oxygen atoms in total. The molecule has 2 rings (SSSR count). The van der Waals surface area contributed by atoms with Crippen molar-refractivity contribution in [3.8, 4) is 0 Å². The van der Waals surface area contributed by atoms with Gasteiger partial charge in [0, 0.05) is 0 Å². The highest BCUT2D eigenvalue weighted by molar-refractivity contribution is 5.68. The van der Waals surface area contributed by atoms with Crippen LogP contribution in [0, 0.1) is 0 Å². The summed E-state index contributed by atoms with van der Waals surface area (Å²) in [5.41, 5.74) is 1.21. The minimum atomic E-state index is -0.648. The molecule has 0 aromatic heterocycles. The molecule has 1 N–H and O–H groups in total. The van der Waals surface area contributed by atoms with E-state index in [4.69, 9.17) is 4.74 Å². The van der Waals surface area contributed by atoms with Gasteiger partial charge in [0.1, 0.15) is 6.10 Å². The van der Waals surface area contributed by atoms with Crippen LogP contribution in [0.3, 0.4) is 0 Å². The Bertz CT molecular complexity index is 366. The zero-order valence-corrected chi connectivity index (χ0v) is 9.17. The van der Waals surface area contributed by atoms with Crippen molar-refractivity contribution >= 4 is 6.09 Å². The Morgan fingerprint density at radius 1 is 1.38 bits per heavy atom. The lowest BCUT2D eigenvalue weighted by atomic mass is 10.0. The van der Waals surface area contributed by atoms with Crippen LogP contribution in [0.4, 0.5) is 4.79 Å². The molecule has 1 aliphatic heterocycles. The van der Waals surface area contributed by atoms with E-state index in [9.17, 15) is 10.0 Å². The van der Waals surface area contributed by atoms with Crippen molar-refractivity contribution in [2.45, 2.75) is 31.9 Å². The molecule has 0 aliphatic carbocycles. The molecule has 1 aliphatic rings. The van der Waals surface area contributed by atoms with Crippen molar-refractivity contribution < 1.29 is 14.7 Å². The molecule has 1 fully saturated rings. The Kier molecular flexibility index (Phi) is 3.10. The third-order valence-electron chi connectivity index (χ3n) is 2.92. The molecule has 0 radical (unpaired) electrons. The van der Waals surface area contributed by atoms with Crippen LogP contribution < -0.4 is 0 Å². The van der Waals surface area contributed by atoms with Gasteiger partial charge in [-0.1, -0.05) is 30.3 Å². The minimum Gasteiger partial charge on any atom is -0.442 e. The summed E-state index contributed by atoms with van der Waals surface area (Å²) in [5, 5.41) is 9.95. The van der Waals surface area contributed by atoms with Crippen LogP contribution in [0.2, 0.25) is 0 Å². The Morgan fingerprint density at radius 2 is 2.06 bits per heavy atom. The maximum absolute atomic E-state index is 11.1. The number of hydroxylamine groups is 2. The zero-order chi connectivity index (χ0) is 11.5. The molecule has 86 valence electrons. The lowest BCUT2D eigenvalue weighted by molar-refractivity contribution is -0.0582. The predicted molar refractivity (Wildman–Crippen MR) is 58.1 cm³/mol. The van der Waals surface area contributed by atoms with E-state index in [0.717, 1.165) is 12.8 Å². The van der Waals surface area contributed by atoms with Gasteiger partial charge in [-0.05, 0) is 25.3 Å². The molecule has 1 amide bonds. The summed E-state index contributed by atoms with van der Waals surface area (Å²) in [5.74, 6) is 0. The Balaban J connectivity index is 1.90. The van der Waals surface area contributed by atoms with E-state index >= 15 is 0 Å². The van der Waals surface area contributed by atoms with Crippen LogP contribution >= 0.6 is 0 Å². The second-order valence-electron chi connectivity index (χ2n) is 4.03. The van der Waals surface area contributed by atoms with Crippen LogP contribution in [-0.2, 0) is 11.2 Å². The number of cyclic esters (lactones) is 1. The van der Waals surface area contributed by atoms with Crippen molar-refractivity contribution in [3.63, 3.8) is 0 Å². The highest BCUT2D eigenvalue weighted by Gasteiger charge is 2.37. The SMILES string of the molecule is C[C@H]1[C@H](CCc2ccccc2)OC(=O)N1O. The molecule has 1 heterocycles. The van der Waals surface area contributed by atoms with Crippen molar-refractivity contribution in [1.82, 2.24) is 5.06 Å². The van der Waals surface area contributed by atoms with Crippen LogP contribution in [0.15, 0.2) is 30.3 Å². The van der Waals surface area contributed by atoms with Gasteiger partial charge >= 0.3 is 6.09 Å². The average molecular weight is 221 g/mol. The number of benzene rings is 1. The van der Waals surface area contributed by atoms with Crippen molar-refractivity contribution in [1.29, 1.82) is 0 Å². The summed E-state index contributed by atoms with van der Waals surface area (Å²) >= 11 is 0. The minimum absolute atomic E-state index is 0.224. The van der Waals surface area contributed by atoms with Crippen LogP contribution in [0.5, 0.6) is 0 Å². The molecule has 4 heteroatoms. The quantitative estimate of drug-likeness (QED) is 0.796. The number of rotatable bonds is 3. The number of hydrogen-bond donors (Lipinski definition) is 1. The van der Waals surface area contributed by atoms with Gasteiger partial charge in [-0.2, -0.15) is 5.06 Å². The van der Waals surface area contributed by atoms with Crippen LogP contribution in [0.25, 0.3) is 0 Å². The lowest BCUT2D eigenvalue weighted by Gasteiger charge is -2.14. The summed E-state index contributed by atoms with van der Waals surface area (Å²) in [6, 6.07) is 9.75. The molecule has 16 heavy (non-hydrogen) atoms. The predicted octanol–water partition coefficient (Wildman–Crippen LogP) is 2.22. The van der Waals surface area contributed by atoms with Gasteiger partial charge in [0.25, 0.3) is 0 Å². The normalized spacial score (nSPS) is 24.6. The topological polar surface area (TPSA) is 49.8 Å². The van der Waals surface area contributed by atoms with E-state index in [1.165, 1.54) is 5.56 Å². The first-order chi connectivity index (χ1) is 7.68. The number of ether oxygens (including phenoxy) is 1. The summed E-state index contributed by atoms with van der Waals surface area (Å²) < 4.78 is 5.04. The maximum atomic E-state index is 11.1. The Labute approximate surface area is 94.4 Å². The molecule has 2 atom stereocenters. The van der Waals surface area contributed by atoms with Crippen molar-refractivity contribution in [3.05, 3.63) is 35.9 Å². The third-order valence-corrected chi connectivity index (χ3v) is 2.92. The summed E-state index contributed by atoms with van der Waals surface area (Å²) in [6.45, 7) is 1.78. The lowest BCUT2D eigenvalue weighted by Crippen LogP contribution is -2.31. The number of amides is 1. The van der Waals surface area contributed by atoms with Crippen LogP contribution in [-0.4, -0.2) is 28.5 Å². The number of nitrogens with zero attached hydrogens (tertiary/aromatic N) is 1. The first-order valence-corrected chi connectivity index (χ1v) is 5.41. The van der Waals surface area contributed by atoms with Crippen molar-refractivity contribution in [2.24, 2.45) is 0 Å². The van der Waals surface area contributed by atoms with Gasteiger partial charge in [0.15, 0.2) is 0 Å². The fourth-order valence-electron chi connectivity index (χ4n) is 1.86. The standard InChI is InChI=1S/C12H15NO3/c1-9-11(16-12(14)13(9)15)8-7-10-5-3-2-4-6-10/h2-6,9,11,15H,7-8H2,1H3/t9-,11-/m0/s1. The fraction of sp³-hybridized carbons (Fsp3) is 0.417. The van der Waals surface area contributed by atoms with Gasteiger partial charge in [-0.3, -0.25) is 5.21 Å². The van der Waals surface area contributed by atoms with Gasteiger partial charge in [0.2, 0.25) is 0 Å². The van der Waals surface area contributed by atoms with Gasteiger partial charge < -0.3 is 4.74 Å². The molecular formula is C12H15NO3. The summed E-state index contributed by atoms with van der Waals surface area (Å²) in [4.78, 5) is 11.1. The number of carbonyl (C=O) groups excluding carboxylic acids is 1. The second kappa shape index (κ2) is 4.53. The monoisotopic (exact) mass is 221 g/mol. The highest BCUT2D eigenvalue weighted by Crippen LogP contribution is 2.21. The van der Waals surface area contributed by atoms with Gasteiger partial charge in [-0.25, -0.2) is 4.79 Å².